The minimum Gasteiger partial charge on any atom is -0.460 e. The summed E-state index contributed by atoms with van der Waals surface area (Å²) in [4.78, 5) is 24.2. The lowest BCUT2D eigenvalue weighted by Gasteiger charge is -2.19. The number of esters is 1. The molecule has 0 bridgehead atoms. The monoisotopic (exact) mass is 301 g/mol. The summed E-state index contributed by atoms with van der Waals surface area (Å²) in [5, 5.41) is 11.3. The molecule has 0 spiro atoms. The molecule has 0 heterocycles. The van der Waals surface area contributed by atoms with E-state index in [9.17, 15) is 9.59 Å². The highest BCUT2D eigenvalue weighted by molar-refractivity contribution is 5.92. The molecule has 1 saturated carbocycles. The number of nitrogens with one attached hydrogen (secondary N) is 1. The molecule has 6 nitrogen and oxygen atoms in total. The van der Waals surface area contributed by atoms with Gasteiger partial charge in [0.1, 0.15) is 5.60 Å². The van der Waals surface area contributed by atoms with Gasteiger partial charge in [0.2, 0.25) is 5.91 Å². The number of hydrogen-bond acceptors (Lipinski definition) is 5. The Hall–Kier alpha value is -1.14. The molecule has 6 heteroatoms. The van der Waals surface area contributed by atoms with E-state index in [0.29, 0.717) is 13.2 Å². The van der Waals surface area contributed by atoms with Gasteiger partial charge in [-0.2, -0.15) is 0 Å². The number of aliphatic hydroxyl groups excluding tert-OH is 1. The standard InChI is InChI=1S/C15H27NO5/c1-14(2,3)21-13(19)11-10(15(11,4)5)12(18)16-6-8-20-9-7-17/h10-11,17H,6-9H2,1-5H3,(H,16,18)/t10-,11+/m1/s1. The SMILES string of the molecule is CC(C)(C)OC(=O)[C@@H]1[C@H](C(=O)NCCOCCO)C1(C)C. The zero-order valence-electron chi connectivity index (χ0n) is 13.6. The summed E-state index contributed by atoms with van der Waals surface area (Å²) in [5.74, 6) is -1.21. The highest BCUT2D eigenvalue weighted by Gasteiger charge is 2.66. The van der Waals surface area contributed by atoms with Gasteiger partial charge in [-0.05, 0) is 26.2 Å². The van der Waals surface area contributed by atoms with E-state index in [1.165, 1.54) is 0 Å². The van der Waals surface area contributed by atoms with Gasteiger partial charge >= 0.3 is 5.97 Å². The van der Waals surface area contributed by atoms with Crippen LogP contribution in [0.1, 0.15) is 34.6 Å². The number of hydrogen-bond donors (Lipinski definition) is 2. The third-order valence-electron chi connectivity index (χ3n) is 3.55. The van der Waals surface area contributed by atoms with Crippen LogP contribution >= 0.6 is 0 Å². The van der Waals surface area contributed by atoms with Crippen molar-refractivity contribution in [1.82, 2.24) is 5.32 Å². The summed E-state index contributed by atoms with van der Waals surface area (Å²) in [7, 11) is 0. The number of ether oxygens (including phenoxy) is 2. The first kappa shape index (κ1) is 17.9. The van der Waals surface area contributed by atoms with E-state index in [1.807, 2.05) is 34.6 Å². The predicted octanol–water partition coefficient (Wildman–Crippen LogP) is 0.725. The molecular weight excluding hydrogens is 274 g/mol. The Kier molecular flexibility index (Phi) is 5.75. The molecule has 1 aliphatic carbocycles. The second-order valence-electron chi connectivity index (χ2n) is 6.94. The van der Waals surface area contributed by atoms with E-state index >= 15 is 0 Å². The molecule has 0 aromatic rings. The molecular formula is C15H27NO5. The summed E-state index contributed by atoms with van der Waals surface area (Å²) >= 11 is 0. The molecule has 2 atom stereocenters. The van der Waals surface area contributed by atoms with E-state index in [4.69, 9.17) is 14.6 Å². The van der Waals surface area contributed by atoms with Crippen molar-refractivity contribution >= 4 is 11.9 Å². The first-order valence-corrected chi connectivity index (χ1v) is 7.30. The van der Waals surface area contributed by atoms with Crippen LogP contribution in [0.3, 0.4) is 0 Å². The summed E-state index contributed by atoms with van der Waals surface area (Å²) in [6.07, 6.45) is 0. The zero-order valence-corrected chi connectivity index (χ0v) is 13.6. The van der Waals surface area contributed by atoms with Crippen LogP contribution in [0.15, 0.2) is 0 Å². The Morgan fingerprint density at radius 3 is 2.33 bits per heavy atom. The van der Waals surface area contributed by atoms with Crippen LogP contribution in [0.4, 0.5) is 0 Å². The molecule has 1 aliphatic rings. The number of carbonyl (C=O) groups is 2. The quantitative estimate of drug-likeness (QED) is 0.535. The molecule has 0 aromatic carbocycles. The fraction of sp³-hybridized carbons (Fsp3) is 0.867. The Labute approximate surface area is 126 Å². The smallest absolute Gasteiger partial charge is 0.310 e. The van der Waals surface area contributed by atoms with Crippen LogP contribution in [0.5, 0.6) is 0 Å². The van der Waals surface area contributed by atoms with Crippen molar-refractivity contribution in [1.29, 1.82) is 0 Å². The maximum atomic E-state index is 12.1. The second kappa shape index (κ2) is 6.75. The molecule has 1 amide bonds. The summed E-state index contributed by atoms with van der Waals surface area (Å²) in [6, 6.07) is 0. The largest absolute Gasteiger partial charge is 0.460 e. The van der Waals surface area contributed by atoms with E-state index in [0.717, 1.165) is 0 Å². The van der Waals surface area contributed by atoms with Gasteiger partial charge in [0.15, 0.2) is 0 Å². The fourth-order valence-electron chi connectivity index (χ4n) is 2.46. The molecule has 122 valence electrons. The van der Waals surface area contributed by atoms with Gasteiger partial charge in [0, 0.05) is 6.54 Å². The highest BCUT2D eigenvalue weighted by Crippen LogP contribution is 2.59. The van der Waals surface area contributed by atoms with Crippen molar-refractivity contribution in [2.45, 2.75) is 40.2 Å². The zero-order chi connectivity index (χ0) is 16.3. The van der Waals surface area contributed by atoms with Gasteiger partial charge in [-0.15, -0.1) is 0 Å². The molecule has 0 aliphatic heterocycles. The van der Waals surface area contributed by atoms with Crippen LogP contribution < -0.4 is 5.32 Å². The normalized spacial score (nSPS) is 23.5. The Morgan fingerprint density at radius 1 is 1.19 bits per heavy atom. The third kappa shape index (κ3) is 4.97. The van der Waals surface area contributed by atoms with Gasteiger partial charge in [-0.1, -0.05) is 13.8 Å². The average molecular weight is 301 g/mol. The number of aliphatic hydroxyl groups is 1. The van der Waals surface area contributed by atoms with Crippen molar-refractivity contribution in [3.63, 3.8) is 0 Å². The van der Waals surface area contributed by atoms with Gasteiger partial charge in [-0.25, -0.2) is 0 Å². The average Bonchev–Trinajstić information content (AvgIpc) is 2.90. The minimum absolute atomic E-state index is 0.0374. The highest BCUT2D eigenvalue weighted by atomic mass is 16.6. The molecule has 0 saturated heterocycles. The van der Waals surface area contributed by atoms with Crippen molar-refractivity contribution in [2.75, 3.05) is 26.4 Å². The van der Waals surface area contributed by atoms with Crippen molar-refractivity contribution in [3.05, 3.63) is 0 Å². The number of rotatable bonds is 7. The number of amides is 1. The lowest BCUT2D eigenvalue weighted by molar-refractivity contribution is -0.158. The van der Waals surface area contributed by atoms with Gasteiger partial charge in [0.05, 0.1) is 31.7 Å². The third-order valence-corrected chi connectivity index (χ3v) is 3.55. The summed E-state index contributed by atoms with van der Waals surface area (Å²) in [5.41, 5.74) is -0.923. The van der Waals surface area contributed by atoms with E-state index in [2.05, 4.69) is 5.32 Å². The van der Waals surface area contributed by atoms with E-state index in [1.54, 1.807) is 0 Å². The topological polar surface area (TPSA) is 84.9 Å². The first-order chi connectivity index (χ1) is 9.61. The number of carbonyl (C=O) groups excluding carboxylic acids is 2. The van der Waals surface area contributed by atoms with Crippen LogP contribution in [0.25, 0.3) is 0 Å². The lowest BCUT2D eigenvalue weighted by Crippen LogP contribution is -2.31. The molecule has 21 heavy (non-hydrogen) atoms. The maximum absolute atomic E-state index is 12.1. The van der Waals surface area contributed by atoms with Gasteiger partial charge in [0.25, 0.3) is 0 Å². The van der Waals surface area contributed by atoms with Crippen molar-refractivity contribution in [3.8, 4) is 0 Å². The van der Waals surface area contributed by atoms with Gasteiger partial charge in [-0.3, -0.25) is 9.59 Å². The maximum Gasteiger partial charge on any atom is 0.310 e. The fourth-order valence-corrected chi connectivity index (χ4v) is 2.46. The van der Waals surface area contributed by atoms with Crippen LogP contribution in [0.2, 0.25) is 0 Å². The summed E-state index contributed by atoms with van der Waals surface area (Å²) < 4.78 is 10.4. The lowest BCUT2D eigenvalue weighted by atomic mass is 10.1. The van der Waals surface area contributed by atoms with Crippen LogP contribution in [-0.4, -0.2) is 48.9 Å². The molecule has 2 N–H and O–H groups in total. The van der Waals surface area contributed by atoms with E-state index in [-0.39, 0.29) is 36.4 Å². The Bertz CT molecular complexity index is 386. The minimum atomic E-state index is -0.547. The molecule has 1 rings (SSSR count). The Morgan fingerprint density at radius 2 is 1.81 bits per heavy atom. The van der Waals surface area contributed by atoms with Crippen molar-refractivity contribution in [2.24, 2.45) is 17.3 Å². The molecule has 0 unspecified atom stereocenters. The first-order valence-electron chi connectivity index (χ1n) is 7.30. The van der Waals surface area contributed by atoms with Crippen molar-refractivity contribution < 1.29 is 24.2 Å². The van der Waals surface area contributed by atoms with Crippen LogP contribution in [0, 0.1) is 17.3 Å². The second-order valence-corrected chi connectivity index (χ2v) is 6.94. The van der Waals surface area contributed by atoms with E-state index < -0.39 is 11.5 Å². The predicted molar refractivity (Wildman–Crippen MR) is 77.5 cm³/mol. The van der Waals surface area contributed by atoms with Gasteiger partial charge < -0.3 is 19.9 Å². The molecule has 0 aromatic heterocycles. The van der Waals surface area contributed by atoms with Crippen LogP contribution in [-0.2, 0) is 19.1 Å². The Balaban J connectivity index is 2.44. The molecule has 1 fully saturated rings. The summed E-state index contributed by atoms with van der Waals surface area (Å²) in [6.45, 7) is 10.2. The molecule has 0 radical (unpaired) electrons.